The van der Waals surface area contributed by atoms with E-state index in [0.717, 1.165) is 19.3 Å². The monoisotopic (exact) mass is 405 g/mol. The van der Waals surface area contributed by atoms with Crippen LogP contribution in [0.5, 0.6) is 0 Å². The molecule has 0 spiro atoms. The topological polar surface area (TPSA) is 86.8 Å². The van der Waals surface area contributed by atoms with Gasteiger partial charge in [-0.2, -0.15) is 4.31 Å². The Kier molecular flexibility index (Phi) is 5.18. The molecule has 3 saturated heterocycles. The maximum absolute atomic E-state index is 13.2. The van der Waals surface area contributed by atoms with E-state index in [1.54, 1.807) is 34.6 Å². The second-order valence-electron chi connectivity index (χ2n) is 8.16. The van der Waals surface area contributed by atoms with E-state index in [4.69, 9.17) is 0 Å². The van der Waals surface area contributed by atoms with Crippen LogP contribution in [-0.2, 0) is 19.6 Å². The van der Waals surface area contributed by atoms with Crippen molar-refractivity contribution in [1.82, 2.24) is 14.5 Å². The molecule has 152 valence electrons. The fourth-order valence-electron chi connectivity index (χ4n) is 5.18. The van der Waals surface area contributed by atoms with Crippen LogP contribution in [0, 0.1) is 11.8 Å². The van der Waals surface area contributed by atoms with Crippen molar-refractivity contribution in [2.45, 2.75) is 49.6 Å². The van der Waals surface area contributed by atoms with Crippen LogP contribution < -0.4 is 5.32 Å². The van der Waals surface area contributed by atoms with Crippen molar-refractivity contribution in [1.29, 1.82) is 0 Å². The first-order chi connectivity index (χ1) is 13.4. The summed E-state index contributed by atoms with van der Waals surface area (Å²) in [6, 6.07) is 8.45. The molecule has 7 nitrogen and oxygen atoms in total. The number of hydrogen-bond donors (Lipinski definition) is 1. The lowest BCUT2D eigenvalue weighted by Crippen LogP contribution is -2.67. The van der Waals surface area contributed by atoms with Gasteiger partial charge >= 0.3 is 0 Å². The van der Waals surface area contributed by atoms with Crippen LogP contribution in [-0.4, -0.2) is 61.2 Å². The molecule has 1 N–H and O–H groups in total. The van der Waals surface area contributed by atoms with E-state index in [9.17, 15) is 18.0 Å². The van der Waals surface area contributed by atoms with E-state index in [1.165, 1.54) is 6.92 Å². The summed E-state index contributed by atoms with van der Waals surface area (Å²) in [4.78, 5) is 26.5. The second kappa shape index (κ2) is 7.48. The van der Waals surface area contributed by atoms with Gasteiger partial charge in [0.1, 0.15) is 0 Å². The van der Waals surface area contributed by atoms with E-state index in [-0.39, 0.29) is 35.7 Å². The Morgan fingerprint density at radius 1 is 1.18 bits per heavy atom. The van der Waals surface area contributed by atoms with Crippen molar-refractivity contribution in [3.63, 3.8) is 0 Å². The summed E-state index contributed by atoms with van der Waals surface area (Å²) in [7, 11) is -3.57. The molecular weight excluding hydrogens is 378 g/mol. The van der Waals surface area contributed by atoms with Crippen LogP contribution in [0.3, 0.4) is 0 Å². The Morgan fingerprint density at radius 2 is 1.89 bits per heavy atom. The minimum atomic E-state index is -3.57. The molecular formula is C20H27N3O4S. The Bertz CT molecular complexity index is 857. The van der Waals surface area contributed by atoms with E-state index < -0.39 is 10.0 Å². The quantitative estimate of drug-likeness (QED) is 0.816. The van der Waals surface area contributed by atoms with Gasteiger partial charge in [0.05, 0.1) is 10.9 Å². The molecule has 3 aliphatic rings. The van der Waals surface area contributed by atoms with E-state index in [2.05, 4.69) is 5.32 Å². The summed E-state index contributed by atoms with van der Waals surface area (Å²) in [5.74, 6) is 0.186. The smallest absolute Gasteiger partial charge is 0.243 e. The molecule has 0 saturated carbocycles. The van der Waals surface area contributed by atoms with Crippen LogP contribution in [0.4, 0.5) is 0 Å². The van der Waals surface area contributed by atoms with Crippen molar-refractivity contribution in [3.05, 3.63) is 30.3 Å². The highest BCUT2D eigenvalue weighted by Gasteiger charge is 2.51. The van der Waals surface area contributed by atoms with E-state index in [1.807, 2.05) is 4.90 Å². The van der Waals surface area contributed by atoms with Gasteiger partial charge in [0.15, 0.2) is 0 Å². The van der Waals surface area contributed by atoms with Gasteiger partial charge in [-0.3, -0.25) is 9.59 Å². The highest BCUT2D eigenvalue weighted by molar-refractivity contribution is 7.89. The first kappa shape index (κ1) is 19.4. The van der Waals surface area contributed by atoms with Crippen LogP contribution >= 0.6 is 0 Å². The number of carbonyl (C=O) groups is 2. The number of sulfonamides is 1. The lowest BCUT2D eigenvalue weighted by Gasteiger charge is -2.56. The maximum atomic E-state index is 13.2. The van der Waals surface area contributed by atoms with Gasteiger partial charge in [-0.1, -0.05) is 18.2 Å². The molecule has 3 aliphatic heterocycles. The van der Waals surface area contributed by atoms with Gasteiger partial charge in [-0.05, 0) is 43.2 Å². The van der Waals surface area contributed by atoms with Gasteiger partial charge in [0.25, 0.3) is 0 Å². The first-order valence-corrected chi connectivity index (χ1v) is 11.4. The number of nitrogens with one attached hydrogen (secondary N) is 1. The molecule has 8 heteroatoms. The fourth-order valence-corrected chi connectivity index (χ4v) is 6.76. The zero-order chi connectivity index (χ0) is 19.9. The molecule has 4 rings (SSSR count). The van der Waals surface area contributed by atoms with Crippen LogP contribution in [0.25, 0.3) is 0 Å². The number of nitrogens with zero attached hydrogens (tertiary/aromatic N) is 2. The van der Waals surface area contributed by atoms with Gasteiger partial charge in [0.2, 0.25) is 21.8 Å². The predicted molar refractivity (Wildman–Crippen MR) is 104 cm³/mol. The molecule has 1 aromatic carbocycles. The molecule has 3 heterocycles. The van der Waals surface area contributed by atoms with Gasteiger partial charge in [0, 0.05) is 39.0 Å². The van der Waals surface area contributed by atoms with Crippen LogP contribution in [0.1, 0.15) is 32.6 Å². The van der Waals surface area contributed by atoms with Crippen molar-refractivity contribution in [3.8, 4) is 0 Å². The van der Waals surface area contributed by atoms with Gasteiger partial charge in [-0.25, -0.2) is 8.42 Å². The van der Waals surface area contributed by atoms with Crippen LogP contribution in [0.15, 0.2) is 35.2 Å². The molecule has 0 radical (unpaired) electrons. The Morgan fingerprint density at radius 3 is 2.61 bits per heavy atom. The zero-order valence-electron chi connectivity index (χ0n) is 16.1. The third kappa shape index (κ3) is 3.43. The Hall–Kier alpha value is -1.93. The van der Waals surface area contributed by atoms with E-state index >= 15 is 0 Å². The van der Waals surface area contributed by atoms with Crippen molar-refractivity contribution >= 4 is 21.8 Å². The van der Waals surface area contributed by atoms with Crippen molar-refractivity contribution in [2.24, 2.45) is 11.8 Å². The highest BCUT2D eigenvalue weighted by atomic mass is 32.2. The normalized spacial score (nSPS) is 30.6. The number of carbonyl (C=O) groups excluding carboxylic acids is 2. The minimum absolute atomic E-state index is 0.0300. The SMILES string of the molecule is CC(=O)NC[C@H]1[C@H]2C[C@H](CN(S(=O)(=O)c3ccccc3)C2)[C@@H]2CCCC(=O)N21. The van der Waals surface area contributed by atoms with Gasteiger partial charge < -0.3 is 10.2 Å². The first-order valence-electron chi connectivity index (χ1n) is 9.98. The second-order valence-corrected chi connectivity index (χ2v) is 10.1. The maximum Gasteiger partial charge on any atom is 0.243 e. The summed E-state index contributed by atoms with van der Waals surface area (Å²) in [6.07, 6.45) is 3.19. The molecule has 0 aromatic heterocycles. The van der Waals surface area contributed by atoms with Gasteiger partial charge in [-0.15, -0.1) is 0 Å². The number of rotatable bonds is 4. The highest BCUT2D eigenvalue weighted by Crippen LogP contribution is 2.42. The molecule has 4 atom stereocenters. The van der Waals surface area contributed by atoms with Crippen molar-refractivity contribution < 1.29 is 18.0 Å². The number of hydrogen-bond acceptors (Lipinski definition) is 4. The minimum Gasteiger partial charge on any atom is -0.354 e. The summed E-state index contributed by atoms with van der Waals surface area (Å²) < 4.78 is 28.0. The molecule has 2 amide bonds. The Labute approximate surface area is 166 Å². The lowest BCUT2D eigenvalue weighted by molar-refractivity contribution is -0.151. The predicted octanol–water partition coefficient (Wildman–Crippen LogP) is 1.21. The number of piperidine rings is 3. The molecule has 0 aliphatic carbocycles. The standard InChI is InChI=1S/C20H27N3O4S/c1-14(24)21-11-19-16-10-15(18-8-5-9-20(25)23(18)19)12-22(13-16)28(26,27)17-6-3-2-4-7-17/h2-4,6-7,15-16,18-19H,5,8-13H2,1H3,(H,21,24)/t15-,16+,18+,19+/m1/s1. The third-order valence-corrected chi connectivity index (χ3v) is 8.25. The van der Waals surface area contributed by atoms with E-state index in [0.29, 0.717) is 31.0 Å². The molecule has 28 heavy (non-hydrogen) atoms. The van der Waals surface area contributed by atoms with Crippen LogP contribution in [0.2, 0.25) is 0 Å². The third-order valence-electron chi connectivity index (χ3n) is 6.40. The van der Waals surface area contributed by atoms with Crippen molar-refractivity contribution in [2.75, 3.05) is 19.6 Å². The molecule has 0 unspecified atom stereocenters. The summed E-state index contributed by atoms with van der Waals surface area (Å²) in [5.41, 5.74) is 0. The number of amides is 2. The lowest BCUT2D eigenvalue weighted by atomic mass is 9.72. The molecule has 2 bridgehead atoms. The Balaban J connectivity index is 1.64. The summed E-state index contributed by atoms with van der Waals surface area (Å²) in [6.45, 7) is 2.69. The average molecular weight is 406 g/mol. The average Bonchev–Trinajstić information content (AvgIpc) is 2.68. The number of benzene rings is 1. The largest absolute Gasteiger partial charge is 0.354 e. The molecule has 1 aromatic rings. The zero-order valence-corrected chi connectivity index (χ0v) is 16.9. The fraction of sp³-hybridized carbons (Fsp3) is 0.600. The number of fused-ring (bicyclic) bond motifs is 4. The molecule has 3 fully saturated rings. The summed E-state index contributed by atoms with van der Waals surface area (Å²) in [5, 5.41) is 2.86. The summed E-state index contributed by atoms with van der Waals surface area (Å²) >= 11 is 0.